The molecule has 15 heavy (non-hydrogen) atoms. The zero-order valence-corrected chi connectivity index (χ0v) is 10.1. The van der Waals surface area contributed by atoms with E-state index in [1.54, 1.807) is 0 Å². The largest absolute Gasteiger partial charge is 0.356 e. The number of Topliss-reactive ketones (excluding diaryl/α,β-unsaturated/α-hetero) is 1. The third kappa shape index (κ3) is 8.16. The molecule has 88 valence electrons. The van der Waals surface area contributed by atoms with Crippen LogP contribution >= 0.6 is 0 Å². The Morgan fingerprint density at radius 3 is 2.20 bits per heavy atom. The maximum Gasteiger partial charge on any atom is 0.219 e. The molecule has 3 heteroatoms. The predicted octanol–water partition coefficient (Wildman–Crippen LogP) is 2.30. The molecule has 0 aliphatic heterocycles. The smallest absolute Gasteiger partial charge is 0.219 e. The fraction of sp³-hybridized carbons (Fsp3) is 0.833. The molecule has 0 aromatic heterocycles. The van der Waals surface area contributed by atoms with Gasteiger partial charge in [0.05, 0.1) is 0 Å². The van der Waals surface area contributed by atoms with Gasteiger partial charge in [0, 0.05) is 25.3 Å². The summed E-state index contributed by atoms with van der Waals surface area (Å²) >= 11 is 0. The number of amides is 1. The normalized spacial score (nSPS) is 10.4. The van der Waals surface area contributed by atoms with E-state index in [4.69, 9.17) is 0 Å². The second kappa shape index (κ2) is 8.45. The van der Waals surface area contributed by atoms with E-state index in [-0.39, 0.29) is 11.8 Å². The first-order valence-electron chi connectivity index (χ1n) is 5.87. The summed E-state index contributed by atoms with van der Waals surface area (Å²) in [5.74, 6) is 0.592. The number of carbonyl (C=O) groups is 2. The van der Waals surface area contributed by atoms with Crippen LogP contribution in [0.4, 0.5) is 0 Å². The summed E-state index contributed by atoms with van der Waals surface area (Å²) < 4.78 is 0. The van der Waals surface area contributed by atoms with Gasteiger partial charge in [0.25, 0.3) is 0 Å². The van der Waals surface area contributed by atoms with Gasteiger partial charge in [-0.3, -0.25) is 9.59 Å². The quantitative estimate of drug-likeness (QED) is 0.629. The average Bonchev–Trinajstić information content (AvgIpc) is 2.17. The minimum atomic E-state index is 0.118. The number of hydrogen-bond donors (Lipinski definition) is 1. The van der Waals surface area contributed by atoms with E-state index >= 15 is 0 Å². The fourth-order valence-electron chi connectivity index (χ4n) is 1.34. The van der Waals surface area contributed by atoms with Gasteiger partial charge in [-0.15, -0.1) is 0 Å². The molecular weight excluding hydrogens is 190 g/mol. The second-order valence-electron chi connectivity index (χ2n) is 4.14. The zero-order valence-electron chi connectivity index (χ0n) is 10.1. The van der Waals surface area contributed by atoms with Crippen LogP contribution in [0.25, 0.3) is 0 Å². The number of hydrogen-bond acceptors (Lipinski definition) is 2. The van der Waals surface area contributed by atoms with E-state index in [1.165, 1.54) is 0 Å². The lowest BCUT2D eigenvalue weighted by molar-refractivity contribution is -0.122. The molecule has 0 fully saturated rings. The highest BCUT2D eigenvalue weighted by atomic mass is 16.1. The van der Waals surface area contributed by atoms with Crippen LogP contribution in [0.15, 0.2) is 0 Å². The van der Waals surface area contributed by atoms with Crippen molar-refractivity contribution in [3.63, 3.8) is 0 Å². The monoisotopic (exact) mass is 213 g/mol. The van der Waals surface area contributed by atoms with Gasteiger partial charge in [-0.2, -0.15) is 0 Å². The molecule has 0 aromatic rings. The standard InChI is InChI=1S/C12H23NO2/c1-4-13-12(15)9-7-5-6-8-11(14)10(2)3/h10H,4-9H2,1-3H3,(H,13,15). The zero-order chi connectivity index (χ0) is 11.7. The van der Waals surface area contributed by atoms with Crippen LogP contribution in [0.1, 0.15) is 52.9 Å². The molecule has 0 saturated carbocycles. The van der Waals surface area contributed by atoms with Gasteiger partial charge in [-0.05, 0) is 19.8 Å². The lowest BCUT2D eigenvalue weighted by Gasteiger charge is -2.04. The summed E-state index contributed by atoms with van der Waals surface area (Å²) in [6.45, 7) is 6.47. The highest BCUT2D eigenvalue weighted by molar-refractivity contribution is 5.80. The van der Waals surface area contributed by atoms with Crippen LogP contribution in [0.3, 0.4) is 0 Å². The highest BCUT2D eigenvalue weighted by Crippen LogP contribution is 2.07. The molecule has 0 spiro atoms. The molecule has 3 nitrogen and oxygen atoms in total. The van der Waals surface area contributed by atoms with Crippen LogP contribution < -0.4 is 5.32 Å². The minimum Gasteiger partial charge on any atom is -0.356 e. The topological polar surface area (TPSA) is 46.2 Å². The van der Waals surface area contributed by atoms with Gasteiger partial charge in [0.2, 0.25) is 5.91 Å². The van der Waals surface area contributed by atoms with Crippen molar-refractivity contribution in [2.75, 3.05) is 6.54 Å². The van der Waals surface area contributed by atoms with Crippen molar-refractivity contribution < 1.29 is 9.59 Å². The van der Waals surface area contributed by atoms with Crippen LogP contribution in [0.2, 0.25) is 0 Å². The number of ketones is 1. The summed E-state index contributed by atoms with van der Waals surface area (Å²) in [4.78, 5) is 22.3. The van der Waals surface area contributed by atoms with Crippen molar-refractivity contribution in [1.82, 2.24) is 5.32 Å². The Morgan fingerprint density at radius 2 is 1.67 bits per heavy atom. The third-order valence-electron chi connectivity index (χ3n) is 2.34. The summed E-state index contributed by atoms with van der Waals surface area (Å²) in [5, 5.41) is 2.76. The Kier molecular flexibility index (Phi) is 7.96. The minimum absolute atomic E-state index is 0.118. The molecule has 0 unspecified atom stereocenters. The predicted molar refractivity (Wildman–Crippen MR) is 61.6 cm³/mol. The molecular formula is C12H23NO2. The first-order valence-corrected chi connectivity index (χ1v) is 5.87. The molecule has 0 aromatic carbocycles. The molecule has 0 saturated heterocycles. The maximum absolute atomic E-state index is 11.3. The van der Waals surface area contributed by atoms with Crippen LogP contribution in [0.5, 0.6) is 0 Å². The van der Waals surface area contributed by atoms with E-state index in [2.05, 4.69) is 5.32 Å². The first kappa shape index (κ1) is 14.1. The van der Waals surface area contributed by atoms with Crippen LogP contribution in [-0.2, 0) is 9.59 Å². The van der Waals surface area contributed by atoms with E-state index < -0.39 is 0 Å². The molecule has 0 bridgehead atoms. The van der Waals surface area contributed by atoms with Gasteiger partial charge >= 0.3 is 0 Å². The SMILES string of the molecule is CCNC(=O)CCCCCC(=O)C(C)C. The van der Waals surface area contributed by atoms with E-state index in [9.17, 15) is 9.59 Å². The molecule has 1 amide bonds. The summed E-state index contributed by atoms with van der Waals surface area (Å²) in [6.07, 6.45) is 4.01. The van der Waals surface area contributed by atoms with E-state index in [0.29, 0.717) is 25.2 Å². The Morgan fingerprint density at radius 1 is 1.07 bits per heavy atom. The number of unbranched alkanes of at least 4 members (excludes halogenated alkanes) is 2. The number of carbonyl (C=O) groups excluding carboxylic acids is 2. The van der Waals surface area contributed by atoms with Gasteiger partial charge in [-0.1, -0.05) is 20.3 Å². The lowest BCUT2D eigenvalue weighted by Crippen LogP contribution is -2.22. The third-order valence-corrected chi connectivity index (χ3v) is 2.34. The van der Waals surface area contributed by atoms with Crippen LogP contribution in [0, 0.1) is 5.92 Å². The van der Waals surface area contributed by atoms with Crippen LogP contribution in [-0.4, -0.2) is 18.2 Å². The second-order valence-corrected chi connectivity index (χ2v) is 4.14. The summed E-state index contributed by atoms with van der Waals surface area (Å²) in [5.41, 5.74) is 0. The van der Waals surface area contributed by atoms with Crippen molar-refractivity contribution in [1.29, 1.82) is 0 Å². The Hall–Kier alpha value is -0.860. The molecule has 0 radical (unpaired) electrons. The highest BCUT2D eigenvalue weighted by Gasteiger charge is 2.06. The molecule has 0 rings (SSSR count). The Balaban J connectivity index is 3.32. The van der Waals surface area contributed by atoms with E-state index in [0.717, 1.165) is 19.3 Å². The summed E-state index contributed by atoms with van der Waals surface area (Å²) in [6, 6.07) is 0. The Bertz CT molecular complexity index is 200. The van der Waals surface area contributed by atoms with Crippen molar-refractivity contribution in [2.24, 2.45) is 5.92 Å². The molecule has 0 aliphatic carbocycles. The molecule has 0 atom stereocenters. The lowest BCUT2D eigenvalue weighted by atomic mass is 10.0. The van der Waals surface area contributed by atoms with Gasteiger partial charge in [0.1, 0.15) is 5.78 Å². The van der Waals surface area contributed by atoms with E-state index in [1.807, 2.05) is 20.8 Å². The molecule has 0 aliphatic rings. The maximum atomic E-state index is 11.3. The van der Waals surface area contributed by atoms with Crippen molar-refractivity contribution in [3.8, 4) is 0 Å². The van der Waals surface area contributed by atoms with Crippen molar-refractivity contribution in [2.45, 2.75) is 52.9 Å². The fourth-order valence-corrected chi connectivity index (χ4v) is 1.34. The van der Waals surface area contributed by atoms with Gasteiger partial charge < -0.3 is 5.32 Å². The van der Waals surface area contributed by atoms with Gasteiger partial charge in [-0.25, -0.2) is 0 Å². The van der Waals surface area contributed by atoms with Gasteiger partial charge in [0.15, 0.2) is 0 Å². The first-order chi connectivity index (χ1) is 7.07. The Labute approximate surface area is 92.6 Å². The van der Waals surface area contributed by atoms with Crippen molar-refractivity contribution in [3.05, 3.63) is 0 Å². The molecule has 0 heterocycles. The summed E-state index contributed by atoms with van der Waals surface area (Å²) in [7, 11) is 0. The average molecular weight is 213 g/mol. The van der Waals surface area contributed by atoms with Crippen molar-refractivity contribution >= 4 is 11.7 Å². The number of rotatable bonds is 8. The molecule has 1 N–H and O–H groups in total. The number of nitrogens with one attached hydrogen (secondary N) is 1.